The van der Waals surface area contributed by atoms with Crippen molar-refractivity contribution in [2.24, 2.45) is 0 Å². The number of nitrogens with zero attached hydrogens (tertiary/aromatic N) is 3. The van der Waals surface area contributed by atoms with Gasteiger partial charge >= 0.3 is 0 Å². The number of aliphatic hydroxyl groups excluding tert-OH is 1. The molecule has 3 heterocycles. The van der Waals surface area contributed by atoms with E-state index in [-0.39, 0.29) is 17.7 Å². The highest BCUT2D eigenvalue weighted by molar-refractivity contribution is 6.50. The molecule has 0 unspecified atom stereocenters. The maximum atomic E-state index is 14.2. The molecule has 0 radical (unpaired) electrons. The van der Waals surface area contributed by atoms with Crippen LogP contribution in [0, 0.1) is 0 Å². The molecule has 0 aliphatic carbocycles. The van der Waals surface area contributed by atoms with Gasteiger partial charge in [0, 0.05) is 24.2 Å². The summed E-state index contributed by atoms with van der Waals surface area (Å²) in [7, 11) is 3.83. The van der Waals surface area contributed by atoms with Gasteiger partial charge in [0.05, 0.1) is 11.3 Å². The van der Waals surface area contributed by atoms with Crippen LogP contribution >= 0.6 is 0 Å². The number of anilines is 1. The number of likely N-dealkylation sites (tertiary alicyclic amines) is 1. The van der Waals surface area contributed by atoms with Gasteiger partial charge in [0.1, 0.15) is 19.0 Å². The predicted molar refractivity (Wildman–Crippen MR) is 133 cm³/mol. The van der Waals surface area contributed by atoms with Crippen molar-refractivity contribution in [1.82, 2.24) is 9.80 Å². The number of carbonyl (C=O) groups is 3. The number of benzene rings is 2. The lowest BCUT2D eigenvalue weighted by Gasteiger charge is -2.34. The Labute approximate surface area is 209 Å². The number of ether oxygens (including phenoxy) is 2. The molecule has 0 aromatic heterocycles. The van der Waals surface area contributed by atoms with Crippen LogP contribution in [0.1, 0.15) is 24.5 Å². The van der Waals surface area contributed by atoms with Crippen LogP contribution in [0.25, 0.3) is 5.76 Å². The monoisotopic (exact) mass is 491 g/mol. The molecule has 1 fully saturated rings. The van der Waals surface area contributed by atoms with E-state index in [2.05, 4.69) is 0 Å². The summed E-state index contributed by atoms with van der Waals surface area (Å²) in [5.74, 6) is -1.57. The second-order valence-electron chi connectivity index (χ2n) is 9.30. The molecule has 3 aliphatic heterocycles. The molecule has 9 nitrogen and oxygen atoms in total. The van der Waals surface area contributed by atoms with E-state index < -0.39 is 28.9 Å². The molecule has 9 heteroatoms. The average Bonchev–Trinajstić information content (AvgIpc) is 3.26. The Bertz CT molecular complexity index is 1290. The number of aliphatic hydroxyl groups is 1. The second-order valence-corrected chi connectivity index (χ2v) is 9.30. The first kappa shape index (κ1) is 23.9. The summed E-state index contributed by atoms with van der Waals surface area (Å²) in [5.41, 5.74) is -0.560. The number of carbonyl (C=O) groups excluding carboxylic acids is 3. The summed E-state index contributed by atoms with van der Waals surface area (Å²) in [6.07, 6.45) is 0.549. The Balaban J connectivity index is 1.74. The third-order valence-corrected chi connectivity index (χ3v) is 6.93. The number of hydrogen-bond donors (Lipinski definition) is 1. The predicted octanol–water partition coefficient (Wildman–Crippen LogP) is 2.35. The van der Waals surface area contributed by atoms with Gasteiger partial charge in [-0.1, -0.05) is 18.2 Å². The molecule has 5 rings (SSSR count). The molecule has 1 spiro atoms. The number of likely N-dealkylation sites (N-methyl/N-ethyl adjacent to an activating group) is 1. The van der Waals surface area contributed by atoms with E-state index in [9.17, 15) is 19.5 Å². The molecule has 0 saturated carbocycles. The summed E-state index contributed by atoms with van der Waals surface area (Å²) in [6.45, 7) is 3.80. The minimum atomic E-state index is -1.75. The fourth-order valence-electron chi connectivity index (χ4n) is 5.36. The Hall–Kier alpha value is -3.85. The van der Waals surface area contributed by atoms with Crippen LogP contribution in [-0.2, 0) is 19.9 Å². The lowest BCUT2D eigenvalue weighted by molar-refractivity contribution is -0.143. The number of amides is 2. The normalized spacial score (nSPS) is 22.2. The summed E-state index contributed by atoms with van der Waals surface area (Å²) < 4.78 is 11.2. The van der Waals surface area contributed by atoms with E-state index in [0.29, 0.717) is 55.5 Å². The van der Waals surface area contributed by atoms with Crippen molar-refractivity contribution in [2.45, 2.75) is 18.9 Å². The van der Waals surface area contributed by atoms with Gasteiger partial charge in [-0.15, -0.1) is 0 Å². The molecular formula is C27H29N3O6. The van der Waals surface area contributed by atoms with E-state index in [1.165, 1.54) is 4.90 Å². The molecule has 1 saturated heterocycles. The van der Waals surface area contributed by atoms with E-state index in [1.54, 1.807) is 41.3 Å². The molecule has 188 valence electrons. The van der Waals surface area contributed by atoms with Crippen molar-refractivity contribution < 1.29 is 29.0 Å². The third-order valence-electron chi connectivity index (χ3n) is 6.93. The Morgan fingerprint density at radius 2 is 1.78 bits per heavy atom. The first-order valence-corrected chi connectivity index (χ1v) is 12.1. The first-order chi connectivity index (χ1) is 17.3. The molecule has 0 bridgehead atoms. The van der Waals surface area contributed by atoms with Crippen LogP contribution in [-0.4, -0.2) is 79.4 Å². The fraction of sp³-hybridized carbons (Fsp3) is 0.370. The lowest BCUT2D eigenvalue weighted by Crippen LogP contribution is -2.52. The zero-order valence-corrected chi connectivity index (χ0v) is 20.6. The summed E-state index contributed by atoms with van der Waals surface area (Å²) in [6, 6.07) is 12.0. The largest absolute Gasteiger partial charge is 0.507 e. The number of rotatable bonds is 6. The fourth-order valence-corrected chi connectivity index (χ4v) is 5.36. The van der Waals surface area contributed by atoms with Crippen molar-refractivity contribution in [3.63, 3.8) is 0 Å². The summed E-state index contributed by atoms with van der Waals surface area (Å²) in [5, 5.41) is 11.6. The zero-order chi connectivity index (χ0) is 25.6. The van der Waals surface area contributed by atoms with Crippen LogP contribution in [0.15, 0.2) is 48.0 Å². The Morgan fingerprint density at radius 3 is 2.50 bits per heavy atom. The van der Waals surface area contributed by atoms with Gasteiger partial charge in [-0.25, -0.2) is 0 Å². The minimum absolute atomic E-state index is 0.179. The van der Waals surface area contributed by atoms with Crippen molar-refractivity contribution in [2.75, 3.05) is 51.8 Å². The van der Waals surface area contributed by atoms with E-state index >= 15 is 0 Å². The molecule has 2 aromatic carbocycles. The second kappa shape index (κ2) is 8.98. The van der Waals surface area contributed by atoms with Crippen LogP contribution in [0.3, 0.4) is 0 Å². The third kappa shape index (κ3) is 3.37. The minimum Gasteiger partial charge on any atom is -0.507 e. The quantitative estimate of drug-likeness (QED) is 0.376. The van der Waals surface area contributed by atoms with Gasteiger partial charge < -0.3 is 29.3 Å². The van der Waals surface area contributed by atoms with Crippen molar-refractivity contribution >= 4 is 29.0 Å². The number of hydrogen-bond acceptors (Lipinski definition) is 7. The summed E-state index contributed by atoms with van der Waals surface area (Å²) >= 11 is 0. The first-order valence-electron chi connectivity index (χ1n) is 12.1. The average molecular weight is 492 g/mol. The topological polar surface area (TPSA) is 99.6 Å². The smallest absolute Gasteiger partial charge is 0.296 e. The van der Waals surface area contributed by atoms with Gasteiger partial charge in [-0.2, -0.15) is 0 Å². The van der Waals surface area contributed by atoms with E-state index in [4.69, 9.17) is 9.47 Å². The number of fused-ring (bicyclic) bond motifs is 3. The molecule has 36 heavy (non-hydrogen) atoms. The van der Waals surface area contributed by atoms with Crippen LogP contribution in [0.2, 0.25) is 0 Å². The zero-order valence-electron chi connectivity index (χ0n) is 20.6. The number of Topliss-reactive ketones (excluding diaryl/α,β-unsaturated/α-hetero) is 1. The highest BCUT2D eigenvalue weighted by atomic mass is 16.6. The highest BCUT2D eigenvalue weighted by Gasteiger charge is 2.66. The van der Waals surface area contributed by atoms with Gasteiger partial charge in [-0.05, 0) is 58.3 Å². The molecule has 3 aliphatic rings. The Kier molecular flexibility index (Phi) is 5.96. The van der Waals surface area contributed by atoms with Gasteiger partial charge in [0.25, 0.3) is 17.6 Å². The van der Waals surface area contributed by atoms with E-state index in [1.807, 2.05) is 32.0 Å². The lowest BCUT2D eigenvalue weighted by atomic mass is 9.81. The maximum absolute atomic E-state index is 14.2. The Morgan fingerprint density at radius 1 is 1.06 bits per heavy atom. The van der Waals surface area contributed by atoms with Gasteiger partial charge in [0.15, 0.2) is 17.0 Å². The summed E-state index contributed by atoms with van der Waals surface area (Å²) in [4.78, 5) is 46.1. The van der Waals surface area contributed by atoms with Crippen LogP contribution in [0.5, 0.6) is 11.5 Å². The number of para-hydroxylation sites is 1. The maximum Gasteiger partial charge on any atom is 0.296 e. The van der Waals surface area contributed by atoms with Gasteiger partial charge in [0.2, 0.25) is 0 Å². The van der Waals surface area contributed by atoms with Crippen molar-refractivity contribution in [3.05, 3.63) is 59.2 Å². The molecule has 1 atom stereocenters. The molecule has 2 amide bonds. The molecule has 2 aromatic rings. The highest BCUT2D eigenvalue weighted by Crippen LogP contribution is 2.53. The molecule has 1 N–H and O–H groups in total. The van der Waals surface area contributed by atoms with Crippen molar-refractivity contribution in [3.8, 4) is 11.5 Å². The number of ketones is 1. The standard InChI is InChI=1S/C27H29N3O6/c1-4-29-19-9-6-5-8-18(19)27(26(29)34)22(24(32)25(33)30(27)13-7-12-28(2)3)23(31)17-10-11-20-21(16-17)36-15-14-35-20/h5-6,8-11,16,31H,4,7,12-15H2,1-3H3/t27-/m0/s1. The van der Waals surface area contributed by atoms with Gasteiger partial charge in [-0.3, -0.25) is 14.4 Å². The van der Waals surface area contributed by atoms with Crippen LogP contribution in [0.4, 0.5) is 5.69 Å². The van der Waals surface area contributed by atoms with E-state index in [0.717, 1.165) is 0 Å². The van der Waals surface area contributed by atoms with Crippen molar-refractivity contribution in [1.29, 1.82) is 0 Å². The van der Waals surface area contributed by atoms with Crippen LogP contribution < -0.4 is 14.4 Å². The SMILES string of the molecule is CCN1C(=O)[C@@]2(C(=C(O)c3ccc4c(c3)OCCO4)C(=O)C(=O)N2CCCN(C)C)c2ccccc21. The molecular weight excluding hydrogens is 462 g/mol.